The highest BCUT2D eigenvalue weighted by Gasteiger charge is 2.11. The van der Waals surface area contributed by atoms with Gasteiger partial charge in [0.15, 0.2) is 0 Å². The van der Waals surface area contributed by atoms with Crippen molar-refractivity contribution in [3.63, 3.8) is 0 Å². The minimum Gasteiger partial charge on any atom is -0.366 e. The predicted molar refractivity (Wildman–Crippen MR) is 72.4 cm³/mol. The van der Waals surface area contributed by atoms with Crippen molar-refractivity contribution in [3.05, 3.63) is 59.2 Å². The number of benzene rings is 2. The molecule has 1 amide bonds. The summed E-state index contributed by atoms with van der Waals surface area (Å²) in [6.07, 6.45) is 3.65. The molecule has 2 aromatic rings. The summed E-state index contributed by atoms with van der Waals surface area (Å²) in [7, 11) is 0. The van der Waals surface area contributed by atoms with Crippen molar-refractivity contribution in [2.75, 3.05) is 0 Å². The molecule has 0 spiro atoms. The van der Waals surface area contributed by atoms with Crippen LogP contribution in [0.4, 0.5) is 0 Å². The molecule has 0 atom stereocenters. The molecule has 0 unspecified atom stereocenters. The van der Waals surface area contributed by atoms with E-state index in [0.717, 1.165) is 5.56 Å². The zero-order valence-electron chi connectivity index (χ0n) is 10.1. The lowest BCUT2D eigenvalue weighted by Crippen LogP contribution is -2.10. The number of rotatable bonds is 2. The fourth-order valence-corrected chi connectivity index (χ4v) is 2.58. The van der Waals surface area contributed by atoms with Crippen molar-refractivity contribution in [2.24, 2.45) is 5.73 Å². The van der Waals surface area contributed by atoms with Crippen LogP contribution in [0.25, 0.3) is 11.1 Å². The number of carbonyl (C=O) groups is 1. The lowest BCUT2D eigenvalue weighted by Gasteiger charge is -2.06. The van der Waals surface area contributed by atoms with E-state index in [2.05, 4.69) is 18.2 Å². The number of amides is 1. The number of nitrogens with two attached hydrogens (primary N) is 1. The van der Waals surface area contributed by atoms with Crippen molar-refractivity contribution >= 4 is 5.91 Å². The average Bonchev–Trinajstić information content (AvgIpc) is 2.86. The van der Waals surface area contributed by atoms with E-state index < -0.39 is 0 Å². The minimum absolute atomic E-state index is 0.379. The van der Waals surface area contributed by atoms with Gasteiger partial charge < -0.3 is 5.73 Å². The number of hydrogen-bond donors (Lipinski definition) is 1. The first-order valence-electron chi connectivity index (χ1n) is 6.26. The van der Waals surface area contributed by atoms with E-state index in [-0.39, 0.29) is 5.91 Å². The lowest BCUT2D eigenvalue weighted by atomic mass is 9.99. The van der Waals surface area contributed by atoms with Crippen LogP contribution in [0.2, 0.25) is 0 Å². The molecule has 0 bridgehead atoms. The first-order valence-corrected chi connectivity index (χ1v) is 6.26. The van der Waals surface area contributed by atoms with Gasteiger partial charge in [-0.2, -0.15) is 0 Å². The Bertz CT molecular complexity index is 599. The Balaban J connectivity index is 1.97. The summed E-state index contributed by atoms with van der Waals surface area (Å²) in [5.74, 6) is -0.379. The molecular weight excluding hydrogens is 222 g/mol. The summed E-state index contributed by atoms with van der Waals surface area (Å²) in [5, 5.41) is 0. The lowest BCUT2D eigenvalue weighted by molar-refractivity contribution is 0.100. The van der Waals surface area contributed by atoms with Crippen molar-refractivity contribution in [1.82, 2.24) is 0 Å². The predicted octanol–water partition coefficient (Wildman–Crippen LogP) is 2.94. The van der Waals surface area contributed by atoms with Gasteiger partial charge in [-0.3, -0.25) is 4.79 Å². The Morgan fingerprint density at radius 3 is 2.28 bits per heavy atom. The standard InChI is InChI=1S/C16H15NO/c17-16(18)13-7-4-12(5-8-13)15-9-6-11-2-1-3-14(11)10-15/h4-10H,1-3H2,(H2,17,18). The third-order valence-electron chi connectivity index (χ3n) is 3.60. The zero-order valence-corrected chi connectivity index (χ0v) is 10.1. The van der Waals surface area contributed by atoms with Crippen LogP contribution in [0.15, 0.2) is 42.5 Å². The van der Waals surface area contributed by atoms with Gasteiger partial charge in [0.1, 0.15) is 0 Å². The molecule has 18 heavy (non-hydrogen) atoms. The van der Waals surface area contributed by atoms with Gasteiger partial charge in [0.25, 0.3) is 0 Å². The van der Waals surface area contributed by atoms with Crippen LogP contribution >= 0.6 is 0 Å². The third-order valence-corrected chi connectivity index (χ3v) is 3.60. The highest BCUT2D eigenvalue weighted by molar-refractivity contribution is 5.93. The van der Waals surface area contributed by atoms with Gasteiger partial charge in [0, 0.05) is 5.56 Å². The van der Waals surface area contributed by atoms with Crippen LogP contribution in [0.1, 0.15) is 27.9 Å². The maximum atomic E-state index is 11.0. The molecule has 0 radical (unpaired) electrons. The first-order chi connectivity index (χ1) is 8.74. The summed E-state index contributed by atoms with van der Waals surface area (Å²) < 4.78 is 0. The second-order valence-corrected chi connectivity index (χ2v) is 4.78. The number of carbonyl (C=O) groups excluding carboxylic acids is 1. The molecule has 2 heteroatoms. The van der Waals surface area contributed by atoms with Gasteiger partial charge in [0.05, 0.1) is 0 Å². The Morgan fingerprint density at radius 1 is 0.889 bits per heavy atom. The van der Waals surface area contributed by atoms with Crippen molar-refractivity contribution in [2.45, 2.75) is 19.3 Å². The number of primary amides is 1. The Labute approximate surface area is 106 Å². The van der Waals surface area contributed by atoms with Gasteiger partial charge in [-0.05, 0) is 53.6 Å². The molecule has 2 nitrogen and oxygen atoms in total. The van der Waals surface area contributed by atoms with Gasteiger partial charge in [-0.25, -0.2) is 0 Å². The topological polar surface area (TPSA) is 43.1 Å². The molecule has 0 aromatic heterocycles. The SMILES string of the molecule is NC(=O)c1ccc(-c2ccc3c(c2)CCC3)cc1. The van der Waals surface area contributed by atoms with E-state index in [4.69, 9.17) is 5.73 Å². The fourth-order valence-electron chi connectivity index (χ4n) is 2.58. The van der Waals surface area contributed by atoms with Crippen molar-refractivity contribution in [3.8, 4) is 11.1 Å². The van der Waals surface area contributed by atoms with Crippen LogP contribution in [0.5, 0.6) is 0 Å². The molecule has 0 aliphatic heterocycles. The molecule has 0 saturated heterocycles. The average molecular weight is 237 g/mol. The number of hydrogen-bond acceptors (Lipinski definition) is 1. The van der Waals surface area contributed by atoms with E-state index in [1.54, 1.807) is 12.1 Å². The monoisotopic (exact) mass is 237 g/mol. The molecule has 0 saturated carbocycles. The van der Waals surface area contributed by atoms with E-state index >= 15 is 0 Å². The van der Waals surface area contributed by atoms with E-state index in [1.807, 2.05) is 12.1 Å². The van der Waals surface area contributed by atoms with E-state index in [1.165, 1.54) is 36.0 Å². The summed E-state index contributed by atoms with van der Waals surface area (Å²) in [5.41, 5.74) is 11.1. The zero-order chi connectivity index (χ0) is 12.5. The molecular formula is C16H15NO. The van der Waals surface area contributed by atoms with Gasteiger partial charge >= 0.3 is 0 Å². The van der Waals surface area contributed by atoms with Crippen molar-refractivity contribution < 1.29 is 4.79 Å². The first kappa shape index (κ1) is 11.0. The second-order valence-electron chi connectivity index (χ2n) is 4.78. The third kappa shape index (κ3) is 1.90. The van der Waals surface area contributed by atoms with Crippen LogP contribution in [-0.4, -0.2) is 5.91 Å². The summed E-state index contributed by atoms with van der Waals surface area (Å²) >= 11 is 0. The van der Waals surface area contributed by atoms with Gasteiger partial charge in [-0.15, -0.1) is 0 Å². The Hall–Kier alpha value is -2.09. The largest absolute Gasteiger partial charge is 0.366 e. The normalized spacial score (nSPS) is 13.3. The second kappa shape index (κ2) is 4.30. The quantitative estimate of drug-likeness (QED) is 0.857. The highest BCUT2D eigenvalue weighted by Crippen LogP contribution is 2.28. The number of aryl methyl sites for hydroxylation is 2. The van der Waals surface area contributed by atoms with Crippen LogP contribution in [0, 0.1) is 0 Å². The molecule has 2 N–H and O–H groups in total. The smallest absolute Gasteiger partial charge is 0.248 e. The van der Waals surface area contributed by atoms with Crippen LogP contribution in [0.3, 0.4) is 0 Å². The maximum Gasteiger partial charge on any atom is 0.248 e. The van der Waals surface area contributed by atoms with Crippen LogP contribution < -0.4 is 5.73 Å². The van der Waals surface area contributed by atoms with Gasteiger partial charge in [0.2, 0.25) is 5.91 Å². The molecule has 3 rings (SSSR count). The van der Waals surface area contributed by atoms with Crippen LogP contribution in [-0.2, 0) is 12.8 Å². The molecule has 2 aromatic carbocycles. The summed E-state index contributed by atoms with van der Waals surface area (Å²) in [6, 6.07) is 14.1. The Kier molecular flexibility index (Phi) is 2.63. The summed E-state index contributed by atoms with van der Waals surface area (Å²) in [4.78, 5) is 11.0. The van der Waals surface area contributed by atoms with Crippen molar-refractivity contribution in [1.29, 1.82) is 0 Å². The number of fused-ring (bicyclic) bond motifs is 1. The molecule has 1 aliphatic rings. The van der Waals surface area contributed by atoms with Gasteiger partial charge in [-0.1, -0.05) is 30.3 Å². The molecule has 0 heterocycles. The summed E-state index contributed by atoms with van der Waals surface area (Å²) in [6.45, 7) is 0. The fraction of sp³-hybridized carbons (Fsp3) is 0.188. The highest BCUT2D eigenvalue weighted by atomic mass is 16.1. The molecule has 0 fully saturated rings. The van der Waals surface area contributed by atoms with E-state index in [0.29, 0.717) is 5.56 Å². The molecule has 90 valence electrons. The minimum atomic E-state index is -0.379. The van der Waals surface area contributed by atoms with E-state index in [9.17, 15) is 4.79 Å². The maximum absolute atomic E-state index is 11.0. The Morgan fingerprint density at radius 2 is 1.56 bits per heavy atom. The molecule has 1 aliphatic carbocycles.